The molecule has 33 heavy (non-hydrogen) atoms. The number of nitrogens with zero attached hydrogens (tertiary/aromatic N) is 3. The summed E-state index contributed by atoms with van der Waals surface area (Å²) in [5.41, 5.74) is 5.04. The van der Waals surface area contributed by atoms with E-state index in [0.717, 1.165) is 34.1 Å². The van der Waals surface area contributed by atoms with Crippen LogP contribution in [0.5, 0.6) is 0 Å². The molecular weight excluding hydrogens is 475 g/mol. The summed E-state index contributed by atoms with van der Waals surface area (Å²) in [7, 11) is 0. The van der Waals surface area contributed by atoms with Crippen LogP contribution in [0.3, 0.4) is 0 Å². The Morgan fingerprint density at radius 1 is 1.09 bits per heavy atom. The van der Waals surface area contributed by atoms with Crippen LogP contribution < -0.4 is 5.32 Å². The van der Waals surface area contributed by atoms with Gasteiger partial charge in [0.25, 0.3) is 0 Å². The monoisotopic (exact) mass is 496 g/mol. The molecule has 1 aliphatic rings. The van der Waals surface area contributed by atoms with Crippen molar-refractivity contribution >= 4 is 40.5 Å². The Kier molecular flexibility index (Phi) is 5.91. The molecule has 3 aromatic heterocycles. The number of aromatic nitrogens is 2. The summed E-state index contributed by atoms with van der Waals surface area (Å²) in [5.74, 6) is 0.845. The summed E-state index contributed by atoms with van der Waals surface area (Å²) in [6.07, 6.45) is 3.49. The zero-order chi connectivity index (χ0) is 23.1. The standard InChI is InChI=1S/C25H22Cl2N4OS/c1-15-13-18(16(2)31(15)21-10-5-8-19(26)22(21)27)24-23(20-9-3-4-11-28-20)29-25(33)30(24)14-17-7-6-12-32-17/h3-13,23-24H,14H2,1-2H3,(H,29,33). The van der Waals surface area contributed by atoms with E-state index in [1.807, 2.05) is 42.5 Å². The molecule has 168 valence electrons. The largest absolute Gasteiger partial charge is 0.467 e. The van der Waals surface area contributed by atoms with E-state index in [0.29, 0.717) is 21.7 Å². The summed E-state index contributed by atoms with van der Waals surface area (Å²) < 4.78 is 7.79. The first-order valence-corrected chi connectivity index (χ1v) is 11.8. The summed E-state index contributed by atoms with van der Waals surface area (Å²) in [4.78, 5) is 6.79. The molecule has 2 atom stereocenters. The molecule has 1 aliphatic heterocycles. The number of nitrogens with one attached hydrogen (secondary N) is 1. The Balaban J connectivity index is 1.65. The molecule has 0 amide bonds. The molecule has 4 aromatic rings. The lowest BCUT2D eigenvalue weighted by Gasteiger charge is -2.27. The van der Waals surface area contributed by atoms with Gasteiger partial charge in [-0.1, -0.05) is 35.3 Å². The van der Waals surface area contributed by atoms with E-state index in [9.17, 15) is 0 Å². The van der Waals surface area contributed by atoms with Gasteiger partial charge in [0, 0.05) is 17.6 Å². The van der Waals surface area contributed by atoms with Gasteiger partial charge < -0.3 is 19.2 Å². The van der Waals surface area contributed by atoms with E-state index in [1.54, 1.807) is 18.5 Å². The van der Waals surface area contributed by atoms with Crippen molar-refractivity contribution in [3.05, 3.63) is 106 Å². The Bertz CT molecular complexity index is 1300. The number of hydrogen-bond acceptors (Lipinski definition) is 3. The van der Waals surface area contributed by atoms with E-state index in [2.05, 4.69) is 39.7 Å². The van der Waals surface area contributed by atoms with Crippen LogP contribution in [-0.4, -0.2) is 19.6 Å². The molecule has 4 heterocycles. The number of pyridine rings is 1. The van der Waals surface area contributed by atoms with Crippen molar-refractivity contribution in [3.63, 3.8) is 0 Å². The second-order valence-corrected chi connectivity index (χ2v) is 9.24. The predicted octanol–water partition coefficient (Wildman–Crippen LogP) is 6.56. The van der Waals surface area contributed by atoms with Crippen LogP contribution in [0.4, 0.5) is 0 Å². The molecule has 2 unspecified atom stereocenters. The van der Waals surface area contributed by atoms with Crippen molar-refractivity contribution in [2.45, 2.75) is 32.5 Å². The number of benzene rings is 1. The SMILES string of the molecule is Cc1cc(C2C(c3ccccn3)NC(=S)N2Cc2ccco2)c(C)n1-c1cccc(Cl)c1Cl. The minimum Gasteiger partial charge on any atom is -0.467 e. The maximum atomic E-state index is 6.59. The molecule has 0 bridgehead atoms. The summed E-state index contributed by atoms with van der Waals surface area (Å²) in [6, 6.07) is 17.5. The fourth-order valence-electron chi connectivity index (χ4n) is 4.61. The average Bonchev–Trinajstić information content (AvgIpc) is 3.51. The molecule has 0 radical (unpaired) electrons. The maximum absolute atomic E-state index is 6.59. The van der Waals surface area contributed by atoms with Gasteiger partial charge in [0.05, 0.1) is 46.3 Å². The summed E-state index contributed by atoms with van der Waals surface area (Å²) >= 11 is 18.7. The molecular formula is C25H22Cl2N4OS. The van der Waals surface area contributed by atoms with E-state index in [1.165, 1.54) is 0 Å². The third-order valence-electron chi connectivity index (χ3n) is 6.07. The molecule has 5 nitrogen and oxygen atoms in total. The second-order valence-electron chi connectivity index (χ2n) is 8.07. The fourth-order valence-corrected chi connectivity index (χ4v) is 5.29. The van der Waals surface area contributed by atoms with Gasteiger partial charge in [-0.25, -0.2) is 0 Å². The van der Waals surface area contributed by atoms with E-state index in [-0.39, 0.29) is 12.1 Å². The average molecular weight is 497 g/mol. The highest BCUT2D eigenvalue weighted by Crippen LogP contribution is 2.43. The van der Waals surface area contributed by atoms with E-state index in [4.69, 9.17) is 39.8 Å². The van der Waals surface area contributed by atoms with Crippen molar-refractivity contribution in [3.8, 4) is 5.69 Å². The first kappa shape index (κ1) is 22.0. The van der Waals surface area contributed by atoms with Crippen LogP contribution >= 0.6 is 35.4 Å². The van der Waals surface area contributed by atoms with Gasteiger partial charge in [-0.2, -0.15) is 0 Å². The Morgan fingerprint density at radius 2 is 1.94 bits per heavy atom. The normalized spacial score (nSPS) is 18.1. The fraction of sp³-hybridized carbons (Fsp3) is 0.200. The third-order valence-corrected chi connectivity index (χ3v) is 7.23. The smallest absolute Gasteiger partial charge is 0.170 e. The molecule has 0 spiro atoms. The van der Waals surface area contributed by atoms with Gasteiger partial charge in [-0.15, -0.1) is 0 Å². The minimum absolute atomic E-state index is 0.0876. The Morgan fingerprint density at radius 3 is 2.67 bits per heavy atom. The van der Waals surface area contributed by atoms with Crippen LogP contribution in [0, 0.1) is 13.8 Å². The number of aryl methyl sites for hydroxylation is 1. The first-order chi connectivity index (χ1) is 16.0. The summed E-state index contributed by atoms with van der Waals surface area (Å²) in [5, 5.41) is 5.21. The highest BCUT2D eigenvalue weighted by molar-refractivity contribution is 7.80. The van der Waals surface area contributed by atoms with Crippen molar-refractivity contribution in [2.24, 2.45) is 0 Å². The van der Waals surface area contributed by atoms with Crippen LogP contribution in [0.15, 0.2) is 71.5 Å². The van der Waals surface area contributed by atoms with Crippen LogP contribution in [0.1, 0.15) is 40.5 Å². The predicted molar refractivity (Wildman–Crippen MR) is 135 cm³/mol. The molecule has 0 saturated carbocycles. The highest BCUT2D eigenvalue weighted by atomic mass is 35.5. The lowest BCUT2D eigenvalue weighted by molar-refractivity contribution is 0.286. The third kappa shape index (κ3) is 3.92. The number of hydrogen-bond donors (Lipinski definition) is 1. The van der Waals surface area contributed by atoms with Gasteiger partial charge >= 0.3 is 0 Å². The van der Waals surface area contributed by atoms with Crippen molar-refractivity contribution in [1.82, 2.24) is 19.8 Å². The van der Waals surface area contributed by atoms with Crippen molar-refractivity contribution < 1.29 is 4.42 Å². The zero-order valence-corrected chi connectivity index (χ0v) is 20.5. The van der Waals surface area contributed by atoms with Gasteiger partial charge in [0.15, 0.2) is 5.11 Å². The second kappa shape index (κ2) is 8.86. The van der Waals surface area contributed by atoms with Gasteiger partial charge in [-0.05, 0) is 74.1 Å². The number of rotatable bonds is 5. The number of thiocarbonyl (C=S) groups is 1. The van der Waals surface area contributed by atoms with Crippen molar-refractivity contribution in [1.29, 1.82) is 0 Å². The molecule has 8 heteroatoms. The Hall–Kier alpha value is -2.80. The first-order valence-electron chi connectivity index (χ1n) is 10.6. The molecule has 1 fully saturated rings. The minimum atomic E-state index is -0.113. The lowest BCUT2D eigenvalue weighted by Crippen LogP contribution is -2.29. The topological polar surface area (TPSA) is 46.2 Å². The van der Waals surface area contributed by atoms with E-state index < -0.39 is 0 Å². The molecule has 1 aromatic carbocycles. The summed E-state index contributed by atoms with van der Waals surface area (Å²) in [6.45, 7) is 4.72. The molecule has 1 N–H and O–H groups in total. The zero-order valence-electron chi connectivity index (χ0n) is 18.1. The number of halogens is 2. The van der Waals surface area contributed by atoms with Crippen LogP contribution in [-0.2, 0) is 6.54 Å². The quantitative estimate of drug-likeness (QED) is 0.317. The van der Waals surface area contributed by atoms with Gasteiger partial charge in [0.1, 0.15) is 5.76 Å². The van der Waals surface area contributed by atoms with Crippen molar-refractivity contribution in [2.75, 3.05) is 0 Å². The highest BCUT2D eigenvalue weighted by Gasteiger charge is 2.41. The molecule has 5 rings (SSSR count). The molecule has 0 aliphatic carbocycles. The Labute approximate surface area is 207 Å². The lowest BCUT2D eigenvalue weighted by atomic mass is 9.96. The number of furan rings is 1. The van der Waals surface area contributed by atoms with E-state index >= 15 is 0 Å². The van der Waals surface area contributed by atoms with Gasteiger partial charge in [-0.3, -0.25) is 4.98 Å². The maximum Gasteiger partial charge on any atom is 0.170 e. The van der Waals surface area contributed by atoms with Gasteiger partial charge in [0.2, 0.25) is 0 Å². The van der Waals surface area contributed by atoms with Crippen LogP contribution in [0.2, 0.25) is 10.0 Å². The molecule has 1 saturated heterocycles. The van der Waals surface area contributed by atoms with Crippen LogP contribution in [0.25, 0.3) is 5.69 Å².